The molecule has 0 fully saturated rings. The summed E-state index contributed by atoms with van der Waals surface area (Å²) in [5.74, 6) is 0.336. The van der Waals surface area contributed by atoms with Crippen LogP contribution >= 0.6 is 0 Å². The zero-order valence-electron chi connectivity index (χ0n) is 8.97. The van der Waals surface area contributed by atoms with Crippen LogP contribution in [0.15, 0.2) is 6.07 Å². The highest BCUT2D eigenvalue weighted by Crippen LogP contribution is 2.28. The van der Waals surface area contributed by atoms with Crippen molar-refractivity contribution in [3.63, 3.8) is 0 Å². The SMILES string of the molecule is COc1c(C)cc(C)c(C(N)=O)c1C. The minimum Gasteiger partial charge on any atom is -0.496 e. The van der Waals surface area contributed by atoms with Crippen LogP contribution in [0.5, 0.6) is 5.75 Å². The number of carbonyl (C=O) groups excluding carboxylic acids is 1. The van der Waals surface area contributed by atoms with Crippen LogP contribution in [0.25, 0.3) is 0 Å². The van der Waals surface area contributed by atoms with Crippen molar-refractivity contribution in [3.05, 3.63) is 28.3 Å². The number of amides is 1. The number of ether oxygens (including phenoxy) is 1. The Morgan fingerprint density at radius 3 is 2.29 bits per heavy atom. The highest BCUT2D eigenvalue weighted by atomic mass is 16.5. The van der Waals surface area contributed by atoms with Crippen LogP contribution in [-0.2, 0) is 0 Å². The summed E-state index contributed by atoms with van der Waals surface area (Å²) in [7, 11) is 1.59. The number of methoxy groups -OCH3 is 1. The highest BCUT2D eigenvalue weighted by molar-refractivity contribution is 5.96. The van der Waals surface area contributed by atoms with Crippen LogP contribution < -0.4 is 10.5 Å². The van der Waals surface area contributed by atoms with Crippen molar-refractivity contribution in [3.8, 4) is 5.75 Å². The van der Waals surface area contributed by atoms with E-state index in [9.17, 15) is 4.79 Å². The Balaban J connectivity index is 3.52. The lowest BCUT2D eigenvalue weighted by Gasteiger charge is -2.13. The van der Waals surface area contributed by atoms with Crippen molar-refractivity contribution in [2.24, 2.45) is 5.73 Å². The molecule has 0 radical (unpaired) electrons. The first-order valence-electron chi connectivity index (χ1n) is 4.43. The summed E-state index contributed by atoms with van der Waals surface area (Å²) in [5.41, 5.74) is 8.59. The van der Waals surface area contributed by atoms with Gasteiger partial charge in [0.25, 0.3) is 0 Å². The average Bonchev–Trinajstić information content (AvgIpc) is 2.02. The molecule has 0 aliphatic rings. The van der Waals surface area contributed by atoms with E-state index in [1.165, 1.54) is 0 Å². The summed E-state index contributed by atoms with van der Waals surface area (Å²) < 4.78 is 5.21. The molecule has 0 aliphatic heterocycles. The normalized spacial score (nSPS) is 10.0. The lowest BCUT2D eigenvalue weighted by atomic mass is 9.98. The Hall–Kier alpha value is -1.51. The van der Waals surface area contributed by atoms with E-state index in [0.29, 0.717) is 5.56 Å². The molecule has 0 spiro atoms. The fourth-order valence-electron chi connectivity index (χ4n) is 1.86. The Morgan fingerprint density at radius 2 is 1.86 bits per heavy atom. The molecular weight excluding hydrogens is 178 g/mol. The minimum atomic E-state index is -0.404. The zero-order chi connectivity index (χ0) is 10.9. The van der Waals surface area contributed by atoms with Crippen molar-refractivity contribution >= 4 is 5.91 Å². The first-order valence-corrected chi connectivity index (χ1v) is 4.43. The molecule has 3 nitrogen and oxygen atoms in total. The molecule has 0 aromatic heterocycles. The van der Waals surface area contributed by atoms with E-state index >= 15 is 0 Å². The summed E-state index contributed by atoms with van der Waals surface area (Å²) in [5, 5.41) is 0. The third kappa shape index (κ3) is 1.58. The first kappa shape index (κ1) is 10.6. The van der Waals surface area contributed by atoms with Gasteiger partial charge < -0.3 is 10.5 Å². The van der Waals surface area contributed by atoms with E-state index in [-0.39, 0.29) is 0 Å². The van der Waals surface area contributed by atoms with E-state index < -0.39 is 5.91 Å². The summed E-state index contributed by atoms with van der Waals surface area (Å²) in [4.78, 5) is 11.2. The first-order chi connectivity index (χ1) is 6.49. The van der Waals surface area contributed by atoms with E-state index in [0.717, 1.165) is 22.4 Å². The number of primary amides is 1. The molecule has 0 heterocycles. The molecule has 1 amide bonds. The maximum Gasteiger partial charge on any atom is 0.249 e. The molecular formula is C11H15NO2. The van der Waals surface area contributed by atoms with Crippen molar-refractivity contribution in [2.45, 2.75) is 20.8 Å². The predicted molar refractivity (Wildman–Crippen MR) is 55.7 cm³/mol. The maximum absolute atomic E-state index is 11.2. The standard InChI is InChI=1S/C11H15NO2/c1-6-5-7(2)10(14-4)8(3)9(6)11(12)13/h5H,1-4H3,(H2,12,13). The van der Waals surface area contributed by atoms with Gasteiger partial charge in [-0.2, -0.15) is 0 Å². The van der Waals surface area contributed by atoms with Crippen LogP contribution in [0.1, 0.15) is 27.0 Å². The van der Waals surface area contributed by atoms with Gasteiger partial charge in [-0.25, -0.2) is 0 Å². The molecule has 0 bridgehead atoms. The van der Waals surface area contributed by atoms with Gasteiger partial charge in [-0.3, -0.25) is 4.79 Å². The van der Waals surface area contributed by atoms with Gasteiger partial charge in [0.15, 0.2) is 0 Å². The molecule has 0 saturated heterocycles. The Kier molecular flexibility index (Phi) is 2.79. The average molecular weight is 193 g/mol. The zero-order valence-corrected chi connectivity index (χ0v) is 8.97. The molecule has 0 unspecified atom stereocenters. The van der Waals surface area contributed by atoms with Crippen molar-refractivity contribution in [1.82, 2.24) is 0 Å². The Bertz CT molecular complexity index is 383. The molecule has 14 heavy (non-hydrogen) atoms. The van der Waals surface area contributed by atoms with Crippen LogP contribution in [-0.4, -0.2) is 13.0 Å². The number of aryl methyl sites for hydroxylation is 2. The molecule has 1 rings (SSSR count). The van der Waals surface area contributed by atoms with E-state index in [1.54, 1.807) is 7.11 Å². The molecule has 1 aromatic rings. The van der Waals surface area contributed by atoms with E-state index in [4.69, 9.17) is 10.5 Å². The van der Waals surface area contributed by atoms with E-state index in [1.807, 2.05) is 26.8 Å². The number of hydrogen-bond donors (Lipinski definition) is 1. The van der Waals surface area contributed by atoms with Crippen LogP contribution in [0.3, 0.4) is 0 Å². The van der Waals surface area contributed by atoms with Gasteiger partial charge in [0, 0.05) is 11.1 Å². The van der Waals surface area contributed by atoms with Gasteiger partial charge >= 0.3 is 0 Å². The quantitative estimate of drug-likeness (QED) is 0.777. The van der Waals surface area contributed by atoms with Gasteiger partial charge in [0.2, 0.25) is 5.91 Å². The summed E-state index contributed by atoms with van der Waals surface area (Å²) in [6, 6.07) is 1.91. The van der Waals surface area contributed by atoms with Crippen LogP contribution in [0.2, 0.25) is 0 Å². The Labute approximate surface area is 83.9 Å². The summed E-state index contributed by atoms with van der Waals surface area (Å²) in [6.45, 7) is 5.67. The number of rotatable bonds is 2. The number of benzene rings is 1. The van der Waals surface area contributed by atoms with Crippen molar-refractivity contribution in [1.29, 1.82) is 0 Å². The van der Waals surface area contributed by atoms with Crippen molar-refractivity contribution < 1.29 is 9.53 Å². The lowest BCUT2D eigenvalue weighted by molar-refractivity contribution is 0.0998. The van der Waals surface area contributed by atoms with Gasteiger partial charge in [-0.1, -0.05) is 6.07 Å². The topological polar surface area (TPSA) is 52.3 Å². The molecule has 0 atom stereocenters. The highest BCUT2D eigenvalue weighted by Gasteiger charge is 2.14. The van der Waals surface area contributed by atoms with Crippen molar-refractivity contribution in [2.75, 3.05) is 7.11 Å². The van der Waals surface area contributed by atoms with Gasteiger partial charge in [0.05, 0.1) is 7.11 Å². The predicted octanol–water partition coefficient (Wildman–Crippen LogP) is 1.72. The molecule has 1 aromatic carbocycles. The number of carbonyl (C=O) groups is 1. The van der Waals surface area contributed by atoms with Crippen LogP contribution in [0.4, 0.5) is 0 Å². The molecule has 76 valence electrons. The maximum atomic E-state index is 11.2. The number of nitrogens with two attached hydrogens (primary N) is 1. The van der Waals surface area contributed by atoms with E-state index in [2.05, 4.69) is 0 Å². The Morgan fingerprint density at radius 1 is 1.29 bits per heavy atom. The summed E-state index contributed by atoms with van der Waals surface area (Å²) >= 11 is 0. The van der Waals surface area contributed by atoms with Gasteiger partial charge in [-0.05, 0) is 31.9 Å². The summed E-state index contributed by atoms with van der Waals surface area (Å²) in [6.07, 6.45) is 0. The molecule has 2 N–H and O–H groups in total. The molecule has 0 saturated carbocycles. The monoisotopic (exact) mass is 193 g/mol. The third-order valence-electron chi connectivity index (χ3n) is 2.35. The fourth-order valence-corrected chi connectivity index (χ4v) is 1.86. The smallest absolute Gasteiger partial charge is 0.249 e. The largest absolute Gasteiger partial charge is 0.496 e. The van der Waals surface area contributed by atoms with Crippen LogP contribution in [0, 0.1) is 20.8 Å². The van der Waals surface area contributed by atoms with Gasteiger partial charge in [-0.15, -0.1) is 0 Å². The van der Waals surface area contributed by atoms with Gasteiger partial charge in [0.1, 0.15) is 5.75 Å². The molecule has 3 heteroatoms. The number of hydrogen-bond acceptors (Lipinski definition) is 2. The second-order valence-corrected chi connectivity index (χ2v) is 3.41. The lowest BCUT2D eigenvalue weighted by Crippen LogP contribution is -2.15. The second-order valence-electron chi connectivity index (χ2n) is 3.41. The fraction of sp³-hybridized carbons (Fsp3) is 0.364. The third-order valence-corrected chi connectivity index (χ3v) is 2.35. The second kappa shape index (κ2) is 3.70. The molecule has 0 aliphatic carbocycles. The minimum absolute atomic E-state index is 0.404.